The van der Waals surface area contributed by atoms with Crippen LogP contribution in [0.1, 0.15) is 24.3 Å². The van der Waals surface area contributed by atoms with Crippen molar-refractivity contribution in [1.82, 2.24) is 10.3 Å². The van der Waals surface area contributed by atoms with Crippen LogP contribution in [-0.2, 0) is 6.54 Å². The molecule has 4 heteroatoms. The Bertz CT molecular complexity index is 454. The van der Waals surface area contributed by atoms with Crippen LogP contribution < -0.4 is 10.1 Å². The number of para-hydroxylation sites is 1. The summed E-state index contributed by atoms with van der Waals surface area (Å²) in [5.74, 6) is 1.72. The maximum Gasteiger partial charge on any atom is 0.180 e. The van der Waals surface area contributed by atoms with Crippen molar-refractivity contribution in [3.8, 4) is 5.75 Å². The predicted molar refractivity (Wildman–Crippen MR) is 64.8 cm³/mol. The average Bonchev–Trinajstić information content (AvgIpc) is 2.89. The Morgan fingerprint density at radius 1 is 1.41 bits per heavy atom. The molecule has 0 bridgehead atoms. The lowest BCUT2D eigenvalue weighted by Crippen LogP contribution is -2.18. The third kappa shape index (κ3) is 2.85. The van der Waals surface area contributed by atoms with E-state index in [1.54, 1.807) is 13.3 Å². The van der Waals surface area contributed by atoms with Crippen molar-refractivity contribution in [3.05, 3.63) is 48.2 Å². The van der Waals surface area contributed by atoms with Gasteiger partial charge in [0.05, 0.1) is 19.9 Å². The molecule has 4 nitrogen and oxygen atoms in total. The summed E-state index contributed by atoms with van der Waals surface area (Å²) in [5.41, 5.74) is 1.13. The molecule has 0 aliphatic rings. The number of methoxy groups -OCH3 is 1. The van der Waals surface area contributed by atoms with Crippen LogP contribution in [0.25, 0.3) is 0 Å². The monoisotopic (exact) mass is 232 g/mol. The van der Waals surface area contributed by atoms with Crippen LogP contribution >= 0.6 is 0 Å². The molecule has 1 atom stereocenters. The minimum absolute atomic E-state index is 0.191. The summed E-state index contributed by atoms with van der Waals surface area (Å²) in [5, 5.41) is 3.36. The highest BCUT2D eigenvalue weighted by molar-refractivity contribution is 5.35. The van der Waals surface area contributed by atoms with Gasteiger partial charge in [0.15, 0.2) is 6.39 Å². The van der Waals surface area contributed by atoms with Gasteiger partial charge in [-0.15, -0.1) is 0 Å². The van der Waals surface area contributed by atoms with E-state index in [9.17, 15) is 0 Å². The van der Waals surface area contributed by atoms with Crippen LogP contribution in [0.3, 0.4) is 0 Å². The number of nitrogens with zero attached hydrogens (tertiary/aromatic N) is 1. The summed E-state index contributed by atoms with van der Waals surface area (Å²) in [4.78, 5) is 3.88. The molecule has 2 aromatic rings. The highest BCUT2D eigenvalue weighted by Gasteiger charge is 2.10. The zero-order valence-electron chi connectivity index (χ0n) is 10.0. The van der Waals surface area contributed by atoms with Crippen molar-refractivity contribution >= 4 is 0 Å². The van der Waals surface area contributed by atoms with Crippen LogP contribution in [-0.4, -0.2) is 12.1 Å². The molecule has 0 fully saturated rings. The minimum atomic E-state index is 0.191. The smallest absolute Gasteiger partial charge is 0.180 e. The van der Waals surface area contributed by atoms with Gasteiger partial charge in [0.1, 0.15) is 11.5 Å². The van der Waals surface area contributed by atoms with Crippen molar-refractivity contribution in [2.75, 3.05) is 7.11 Å². The van der Waals surface area contributed by atoms with E-state index in [4.69, 9.17) is 9.15 Å². The van der Waals surface area contributed by atoms with E-state index in [0.29, 0.717) is 6.54 Å². The SMILES string of the molecule is COc1ccccc1[C@H](C)NCc1cnco1. The van der Waals surface area contributed by atoms with Crippen molar-refractivity contribution in [2.24, 2.45) is 0 Å². The lowest BCUT2D eigenvalue weighted by atomic mass is 10.1. The first-order valence-electron chi connectivity index (χ1n) is 5.55. The third-order valence-electron chi connectivity index (χ3n) is 2.67. The van der Waals surface area contributed by atoms with Gasteiger partial charge in [-0.2, -0.15) is 0 Å². The Balaban J connectivity index is 2.01. The first-order valence-corrected chi connectivity index (χ1v) is 5.55. The zero-order valence-corrected chi connectivity index (χ0v) is 10.0. The quantitative estimate of drug-likeness (QED) is 0.860. The summed E-state index contributed by atoms with van der Waals surface area (Å²) >= 11 is 0. The van der Waals surface area contributed by atoms with E-state index in [0.717, 1.165) is 17.1 Å². The van der Waals surface area contributed by atoms with Crippen LogP contribution in [0.2, 0.25) is 0 Å². The Hall–Kier alpha value is -1.81. The summed E-state index contributed by atoms with van der Waals surface area (Å²) in [7, 11) is 1.68. The molecule has 1 aromatic heterocycles. The maximum absolute atomic E-state index is 5.33. The van der Waals surface area contributed by atoms with Gasteiger partial charge in [0.2, 0.25) is 0 Å². The van der Waals surface area contributed by atoms with Gasteiger partial charge < -0.3 is 14.5 Å². The number of hydrogen-bond acceptors (Lipinski definition) is 4. The molecule has 0 amide bonds. The van der Waals surface area contributed by atoms with Crippen LogP contribution in [0.5, 0.6) is 5.75 Å². The Labute approximate surface area is 101 Å². The van der Waals surface area contributed by atoms with Crippen molar-refractivity contribution in [1.29, 1.82) is 0 Å². The highest BCUT2D eigenvalue weighted by Crippen LogP contribution is 2.24. The average molecular weight is 232 g/mol. The molecule has 0 radical (unpaired) electrons. The number of oxazole rings is 1. The molecule has 17 heavy (non-hydrogen) atoms. The molecule has 1 N–H and O–H groups in total. The van der Waals surface area contributed by atoms with Gasteiger partial charge in [-0.1, -0.05) is 18.2 Å². The van der Waals surface area contributed by atoms with Crippen LogP contribution in [0.4, 0.5) is 0 Å². The Morgan fingerprint density at radius 2 is 2.24 bits per heavy atom. The molecule has 1 aromatic carbocycles. The molecular formula is C13H16N2O2. The van der Waals surface area contributed by atoms with E-state index < -0.39 is 0 Å². The second-order valence-corrected chi connectivity index (χ2v) is 3.81. The lowest BCUT2D eigenvalue weighted by Gasteiger charge is -2.16. The number of ether oxygens (including phenoxy) is 1. The second kappa shape index (κ2) is 5.50. The van der Waals surface area contributed by atoms with Gasteiger partial charge in [-0.3, -0.25) is 0 Å². The van der Waals surface area contributed by atoms with Crippen LogP contribution in [0, 0.1) is 0 Å². The van der Waals surface area contributed by atoms with E-state index in [1.165, 1.54) is 6.39 Å². The summed E-state index contributed by atoms with van der Waals surface area (Å²) in [6, 6.07) is 8.17. The molecule has 0 saturated carbocycles. The van der Waals surface area contributed by atoms with E-state index in [-0.39, 0.29) is 6.04 Å². The molecule has 0 unspecified atom stereocenters. The standard InChI is InChI=1S/C13H16N2O2/c1-10(15-8-11-7-14-9-17-11)12-5-3-4-6-13(12)16-2/h3-7,9-10,15H,8H2,1-2H3/t10-/m0/s1. The molecule has 0 aliphatic carbocycles. The number of benzene rings is 1. The van der Waals surface area contributed by atoms with Crippen LogP contribution in [0.15, 0.2) is 41.3 Å². The van der Waals surface area contributed by atoms with Gasteiger partial charge in [-0.25, -0.2) is 4.98 Å². The van der Waals surface area contributed by atoms with Crippen molar-refractivity contribution < 1.29 is 9.15 Å². The molecule has 90 valence electrons. The topological polar surface area (TPSA) is 47.3 Å². The maximum atomic E-state index is 5.33. The minimum Gasteiger partial charge on any atom is -0.496 e. The van der Waals surface area contributed by atoms with Gasteiger partial charge in [0, 0.05) is 11.6 Å². The number of aromatic nitrogens is 1. The fourth-order valence-corrected chi connectivity index (χ4v) is 1.72. The largest absolute Gasteiger partial charge is 0.496 e. The fraction of sp³-hybridized carbons (Fsp3) is 0.308. The molecule has 1 heterocycles. The molecule has 0 saturated heterocycles. The predicted octanol–water partition coefficient (Wildman–Crippen LogP) is 2.53. The Kier molecular flexibility index (Phi) is 3.77. The normalized spacial score (nSPS) is 12.4. The molecule has 0 aliphatic heterocycles. The fourth-order valence-electron chi connectivity index (χ4n) is 1.72. The van der Waals surface area contributed by atoms with E-state index in [1.807, 2.05) is 18.2 Å². The summed E-state index contributed by atoms with van der Waals surface area (Å²) in [6.45, 7) is 2.74. The second-order valence-electron chi connectivity index (χ2n) is 3.81. The molecule has 2 rings (SSSR count). The van der Waals surface area contributed by atoms with Crippen molar-refractivity contribution in [3.63, 3.8) is 0 Å². The van der Waals surface area contributed by atoms with Gasteiger partial charge in [-0.05, 0) is 13.0 Å². The zero-order chi connectivity index (χ0) is 12.1. The van der Waals surface area contributed by atoms with E-state index in [2.05, 4.69) is 23.3 Å². The number of hydrogen-bond donors (Lipinski definition) is 1. The van der Waals surface area contributed by atoms with Gasteiger partial charge >= 0.3 is 0 Å². The first-order chi connectivity index (χ1) is 8.31. The number of rotatable bonds is 5. The summed E-state index contributed by atoms with van der Waals surface area (Å²) < 4.78 is 10.5. The lowest BCUT2D eigenvalue weighted by molar-refractivity contribution is 0.397. The number of nitrogens with one attached hydrogen (secondary N) is 1. The Morgan fingerprint density at radius 3 is 2.94 bits per heavy atom. The third-order valence-corrected chi connectivity index (χ3v) is 2.67. The molecule has 0 spiro atoms. The molecular weight excluding hydrogens is 216 g/mol. The van der Waals surface area contributed by atoms with Crippen molar-refractivity contribution in [2.45, 2.75) is 19.5 Å². The summed E-state index contributed by atoms with van der Waals surface area (Å²) in [6.07, 6.45) is 3.15. The van der Waals surface area contributed by atoms with Gasteiger partial charge in [0.25, 0.3) is 0 Å². The first kappa shape index (κ1) is 11.7. The van der Waals surface area contributed by atoms with E-state index >= 15 is 0 Å². The highest BCUT2D eigenvalue weighted by atomic mass is 16.5.